The molecule has 0 aromatic heterocycles. The quantitative estimate of drug-likeness (QED) is 0.234. The summed E-state index contributed by atoms with van der Waals surface area (Å²) >= 11 is 0. The van der Waals surface area contributed by atoms with Crippen LogP contribution in [0.5, 0.6) is 11.5 Å². The Hall–Kier alpha value is -3.72. The lowest BCUT2D eigenvalue weighted by atomic mass is 9.99. The lowest BCUT2D eigenvalue weighted by Gasteiger charge is -2.26. The van der Waals surface area contributed by atoms with Gasteiger partial charge < -0.3 is 29.6 Å². The van der Waals surface area contributed by atoms with E-state index in [1.165, 1.54) is 17.2 Å². The average molecular weight is 528 g/mol. The molecule has 202 valence electrons. The fourth-order valence-electron chi connectivity index (χ4n) is 4.98. The molecule has 0 unspecified atom stereocenters. The highest BCUT2D eigenvalue weighted by Crippen LogP contribution is 2.43. The van der Waals surface area contributed by atoms with Crippen LogP contribution < -0.4 is 0 Å². The number of rotatable bonds is 11. The molecule has 0 spiro atoms. The summed E-state index contributed by atoms with van der Waals surface area (Å²) in [5.41, 5.74) is 3.41. The second-order valence-electron chi connectivity index (χ2n) is 9.66. The van der Waals surface area contributed by atoms with E-state index in [9.17, 15) is 15.4 Å². The van der Waals surface area contributed by atoms with Gasteiger partial charge in [0.1, 0.15) is 23.7 Å². The smallest absolute Gasteiger partial charge is 0.124 e. The van der Waals surface area contributed by atoms with Crippen LogP contribution in [0.2, 0.25) is 0 Å². The third-order valence-corrected chi connectivity index (χ3v) is 6.94. The van der Waals surface area contributed by atoms with Gasteiger partial charge in [0, 0.05) is 11.6 Å². The number of hydroxylamine groups is 2. The van der Waals surface area contributed by atoms with Crippen molar-refractivity contribution >= 4 is 0 Å². The molecule has 0 bridgehead atoms. The number of hydrogen-bond donors (Lipinski definition) is 3. The zero-order valence-electron chi connectivity index (χ0n) is 21.5. The maximum absolute atomic E-state index is 11.5. The average Bonchev–Trinajstić information content (AvgIpc) is 3.22. The third kappa shape index (κ3) is 6.65. The Balaban J connectivity index is 1.44. The molecule has 1 fully saturated rings. The van der Waals surface area contributed by atoms with Crippen LogP contribution in [0.15, 0.2) is 109 Å². The summed E-state index contributed by atoms with van der Waals surface area (Å²) in [5, 5.41) is 33.4. The molecule has 39 heavy (non-hydrogen) atoms. The molecule has 4 aromatic carbocycles. The van der Waals surface area contributed by atoms with Gasteiger partial charge in [0.15, 0.2) is 0 Å². The van der Waals surface area contributed by atoms with E-state index >= 15 is 0 Å². The highest BCUT2D eigenvalue weighted by molar-refractivity contribution is 5.42. The van der Waals surface area contributed by atoms with E-state index in [1.54, 1.807) is 6.07 Å². The molecule has 7 nitrogen and oxygen atoms in total. The molecule has 0 radical (unpaired) electrons. The lowest BCUT2D eigenvalue weighted by Crippen LogP contribution is -2.40. The second kappa shape index (κ2) is 12.9. The van der Waals surface area contributed by atoms with Gasteiger partial charge in [-0.25, -0.2) is 0 Å². The molecule has 7 heteroatoms. The van der Waals surface area contributed by atoms with Gasteiger partial charge in [-0.2, -0.15) is 5.06 Å². The van der Waals surface area contributed by atoms with Crippen molar-refractivity contribution in [3.05, 3.63) is 131 Å². The number of phenols is 2. The zero-order chi connectivity index (χ0) is 27.0. The van der Waals surface area contributed by atoms with Crippen molar-refractivity contribution in [2.75, 3.05) is 6.61 Å². The van der Waals surface area contributed by atoms with E-state index in [4.69, 9.17) is 14.2 Å². The van der Waals surface area contributed by atoms with Crippen molar-refractivity contribution in [2.45, 2.75) is 44.1 Å². The van der Waals surface area contributed by atoms with Crippen molar-refractivity contribution < 1.29 is 29.6 Å². The molecule has 0 amide bonds. The Kier molecular flexibility index (Phi) is 8.88. The van der Waals surface area contributed by atoms with Crippen LogP contribution in [-0.2, 0) is 34.0 Å². The molecular weight excluding hydrogens is 494 g/mol. The van der Waals surface area contributed by atoms with Crippen molar-refractivity contribution in [3.63, 3.8) is 0 Å². The molecule has 1 aliphatic rings. The SMILES string of the molecule is Oc1ccc([C@H]2[C@H](OCc3ccccc3)[C@@H](OCc3ccccc3)[C@H](COCc3ccccc3)N2O)c(O)c1. The monoisotopic (exact) mass is 527 g/mol. The topological polar surface area (TPSA) is 91.6 Å². The first-order valence-corrected chi connectivity index (χ1v) is 13.0. The third-order valence-electron chi connectivity index (χ3n) is 6.94. The van der Waals surface area contributed by atoms with E-state index in [1.807, 2.05) is 91.0 Å². The molecule has 0 saturated carbocycles. The lowest BCUT2D eigenvalue weighted by molar-refractivity contribution is -0.167. The molecule has 5 rings (SSSR count). The molecule has 4 atom stereocenters. The Morgan fingerprint density at radius 3 is 1.67 bits per heavy atom. The molecule has 1 saturated heterocycles. The zero-order valence-corrected chi connectivity index (χ0v) is 21.5. The second-order valence-corrected chi connectivity index (χ2v) is 9.66. The summed E-state index contributed by atoms with van der Waals surface area (Å²) in [5.74, 6) is -0.208. The molecule has 4 aromatic rings. The summed E-state index contributed by atoms with van der Waals surface area (Å²) in [6, 6.07) is 32.4. The van der Waals surface area contributed by atoms with Crippen LogP contribution in [0.25, 0.3) is 0 Å². The van der Waals surface area contributed by atoms with Gasteiger partial charge >= 0.3 is 0 Å². The van der Waals surface area contributed by atoms with Crippen molar-refractivity contribution in [2.24, 2.45) is 0 Å². The minimum Gasteiger partial charge on any atom is -0.508 e. The van der Waals surface area contributed by atoms with Gasteiger partial charge in [-0.15, -0.1) is 0 Å². The minimum absolute atomic E-state index is 0.0693. The van der Waals surface area contributed by atoms with Gasteiger partial charge in [0.25, 0.3) is 0 Å². The predicted octanol–water partition coefficient (Wildman–Crippen LogP) is 5.60. The van der Waals surface area contributed by atoms with Crippen LogP contribution in [0.3, 0.4) is 0 Å². The normalized spacial score (nSPS) is 21.3. The standard InChI is InChI=1S/C32H33NO6/c34-26-16-17-27(29(35)18-26)30-32(39-21-25-14-8-3-9-15-25)31(38-20-24-12-6-2-7-13-24)28(33(30)36)22-37-19-23-10-4-1-5-11-23/h1-18,28,30-32,34-36H,19-22H2/t28-,30-,31-,32-/m0/s1. The number of phenolic OH excluding ortho intramolecular Hbond substituents is 2. The van der Waals surface area contributed by atoms with Crippen LogP contribution in [0.1, 0.15) is 28.3 Å². The van der Waals surface area contributed by atoms with Gasteiger partial charge in [0.2, 0.25) is 0 Å². The van der Waals surface area contributed by atoms with Crippen molar-refractivity contribution in [1.29, 1.82) is 0 Å². The fourth-order valence-corrected chi connectivity index (χ4v) is 4.98. The summed E-state index contributed by atoms with van der Waals surface area (Å²) < 4.78 is 19.0. The summed E-state index contributed by atoms with van der Waals surface area (Å²) in [7, 11) is 0. The van der Waals surface area contributed by atoms with E-state index in [0.717, 1.165) is 16.7 Å². The Bertz CT molecular complexity index is 1300. The molecule has 0 aliphatic carbocycles. The summed E-state index contributed by atoms with van der Waals surface area (Å²) in [6.07, 6.45) is -1.24. The van der Waals surface area contributed by atoms with Crippen LogP contribution >= 0.6 is 0 Å². The maximum atomic E-state index is 11.5. The van der Waals surface area contributed by atoms with Gasteiger partial charge in [0.05, 0.1) is 38.5 Å². The number of hydrogen-bond acceptors (Lipinski definition) is 7. The first-order chi connectivity index (χ1) is 19.1. The Morgan fingerprint density at radius 1 is 0.615 bits per heavy atom. The summed E-state index contributed by atoms with van der Waals surface area (Å²) in [6.45, 7) is 1.15. The molecule has 1 heterocycles. The van der Waals surface area contributed by atoms with Crippen molar-refractivity contribution in [3.8, 4) is 11.5 Å². The number of nitrogens with zero attached hydrogens (tertiary/aromatic N) is 1. The first-order valence-electron chi connectivity index (χ1n) is 13.0. The van der Waals surface area contributed by atoms with E-state index < -0.39 is 24.3 Å². The first kappa shape index (κ1) is 26.9. The minimum atomic E-state index is -0.764. The number of aromatic hydroxyl groups is 2. The highest BCUT2D eigenvalue weighted by Gasteiger charge is 2.52. The predicted molar refractivity (Wildman–Crippen MR) is 146 cm³/mol. The molecular formula is C32H33NO6. The molecule has 1 aliphatic heterocycles. The Morgan fingerprint density at radius 2 is 1.13 bits per heavy atom. The van der Waals surface area contributed by atoms with Gasteiger partial charge in [-0.3, -0.25) is 0 Å². The largest absolute Gasteiger partial charge is 0.508 e. The summed E-state index contributed by atoms with van der Waals surface area (Å²) in [4.78, 5) is 0. The molecule has 3 N–H and O–H groups in total. The number of benzene rings is 4. The van der Waals surface area contributed by atoms with Crippen LogP contribution in [0.4, 0.5) is 0 Å². The Labute approximate surface area is 228 Å². The van der Waals surface area contributed by atoms with Crippen LogP contribution in [0, 0.1) is 0 Å². The van der Waals surface area contributed by atoms with Gasteiger partial charge in [-0.05, 0) is 28.8 Å². The van der Waals surface area contributed by atoms with E-state index in [2.05, 4.69) is 0 Å². The highest BCUT2D eigenvalue weighted by atomic mass is 16.6. The van der Waals surface area contributed by atoms with Crippen molar-refractivity contribution in [1.82, 2.24) is 5.06 Å². The van der Waals surface area contributed by atoms with E-state index in [0.29, 0.717) is 18.8 Å². The fraction of sp³-hybridized carbons (Fsp3) is 0.250. The maximum Gasteiger partial charge on any atom is 0.124 e. The van der Waals surface area contributed by atoms with Gasteiger partial charge in [-0.1, -0.05) is 91.0 Å². The number of ether oxygens (including phenoxy) is 3. The van der Waals surface area contributed by atoms with Crippen LogP contribution in [-0.4, -0.2) is 45.3 Å². The van der Waals surface area contributed by atoms with E-state index in [-0.39, 0.29) is 24.7 Å².